The molecule has 22 heavy (non-hydrogen) atoms. The number of aliphatic hydroxyl groups excluding tert-OH is 1. The molecule has 5 nitrogen and oxygen atoms in total. The number of benzene rings is 1. The molecule has 2 N–H and O–H groups in total. The maximum absolute atomic E-state index is 12.0. The van der Waals surface area contributed by atoms with Crippen LogP contribution in [-0.4, -0.2) is 28.4 Å². The predicted molar refractivity (Wildman–Crippen MR) is 87.2 cm³/mol. The van der Waals surface area contributed by atoms with Gasteiger partial charge in [-0.1, -0.05) is 12.1 Å². The van der Waals surface area contributed by atoms with Crippen LogP contribution in [0, 0.1) is 0 Å². The van der Waals surface area contributed by atoms with Gasteiger partial charge >= 0.3 is 0 Å². The smallest absolute Gasteiger partial charge is 0.263 e. The molecule has 1 aromatic carbocycles. The first-order valence-corrected chi connectivity index (χ1v) is 8.01. The largest absolute Gasteiger partial charge is 0.387 e. The molecule has 0 saturated heterocycles. The fourth-order valence-corrected chi connectivity index (χ4v) is 2.41. The van der Waals surface area contributed by atoms with Crippen molar-refractivity contribution in [1.82, 2.24) is 9.88 Å². The molecule has 0 bridgehead atoms. The fourth-order valence-electron chi connectivity index (χ4n) is 2.00. The Morgan fingerprint density at radius 3 is 2.64 bits per heavy atom. The molecule has 2 rings (SSSR count). The van der Waals surface area contributed by atoms with E-state index in [1.54, 1.807) is 31.1 Å². The second kappa shape index (κ2) is 7.29. The zero-order valence-corrected chi connectivity index (χ0v) is 13.3. The van der Waals surface area contributed by atoms with Crippen molar-refractivity contribution < 1.29 is 9.90 Å². The minimum Gasteiger partial charge on any atom is -0.387 e. The van der Waals surface area contributed by atoms with E-state index in [9.17, 15) is 14.7 Å². The topological polar surface area (TPSA) is 71.3 Å². The first kappa shape index (κ1) is 16.3. The molecular weight excluding hydrogens is 300 g/mol. The van der Waals surface area contributed by atoms with Gasteiger partial charge in [0.05, 0.1) is 6.10 Å². The summed E-state index contributed by atoms with van der Waals surface area (Å²) in [4.78, 5) is 25.0. The molecule has 0 saturated carbocycles. The van der Waals surface area contributed by atoms with Crippen molar-refractivity contribution in [1.29, 1.82) is 0 Å². The van der Waals surface area contributed by atoms with Crippen molar-refractivity contribution in [2.45, 2.75) is 11.0 Å². The third kappa shape index (κ3) is 3.78. The number of carbonyl (C=O) groups excluding carboxylic acids is 1. The summed E-state index contributed by atoms with van der Waals surface area (Å²) in [5, 5.41) is 12.7. The van der Waals surface area contributed by atoms with Gasteiger partial charge in [0, 0.05) is 24.7 Å². The number of hydrogen-bond donors (Lipinski definition) is 2. The second-order valence-corrected chi connectivity index (χ2v) is 5.72. The number of carbonyl (C=O) groups is 1. The fraction of sp³-hybridized carbons (Fsp3) is 0.250. The molecule has 1 atom stereocenters. The number of amides is 1. The monoisotopic (exact) mass is 318 g/mol. The van der Waals surface area contributed by atoms with Gasteiger partial charge in [-0.05, 0) is 36.1 Å². The zero-order chi connectivity index (χ0) is 16.1. The van der Waals surface area contributed by atoms with Crippen molar-refractivity contribution >= 4 is 17.7 Å². The van der Waals surface area contributed by atoms with Gasteiger partial charge in [0.25, 0.3) is 11.5 Å². The van der Waals surface area contributed by atoms with Crippen LogP contribution in [-0.2, 0) is 7.05 Å². The lowest BCUT2D eigenvalue weighted by molar-refractivity contribution is 0.0914. The van der Waals surface area contributed by atoms with Crippen molar-refractivity contribution in [2.75, 3.05) is 12.8 Å². The van der Waals surface area contributed by atoms with E-state index in [4.69, 9.17) is 0 Å². The van der Waals surface area contributed by atoms with Crippen LogP contribution < -0.4 is 10.9 Å². The Balaban J connectivity index is 2.00. The van der Waals surface area contributed by atoms with Crippen molar-refractivity contribution in [2.24, 2.45) is 7.05 Å². The maximum atomic E-state index is 12.0. The van der Waals surface area contributed by atoms with Crippen LogP contribution in [0.1, 0.15) is 22.0 Å². The second-order valence-electron chi connectivity index (χ2n) is 4.84. The standard InChI is InChI=1S/C16H18N2O3S/c1-18-9-3-4-13(16(18)21)15(20)17-10-14(19)11-5-7-12(22-2)8-6-11/h3-9,14,19H,10H2,1-2H3,(H,17,20)/t14-/m0/s1. The Morgan fingerprint density at radius 1 is 1.32 bits per heavy atom. The normalized spacial score (nSPS) is 12.0. The summed E-state index contributed by atoms with van der Waals surface area (Å²) in [5.41, 5.74) is 0.424. The summed E-state index contributed by atoms with van der Waals surface area (Å²) >= 11 is 1.62. The molecule has 0 fully saturated rings. The number of aryl methyl sites for hydroxylation is 1. The van der Waals surface area contributed by atoms with E-state index in [1.807, 2.05) is 30.5 Å². The highest BCUT2D eigenvalue weighted by Gasteiger charge is 2.13. The molecule has 6 heteroatoms. The van der Waals surface area contributed by atoms with Gasteiger partial charge in [-0.25, -0.2) is 0 Å². The average Bonchev–Trinajstić information content (AvgIpc) is 2.55. The van der Waals surface area contributed by atoms with Crippen LogP contribution in [0.4, 0.5) is 0 Å². The quantitative estimate of drug-likeness (QED) is 0.821. The van der Waals surface area contributed by atoms with E-state index in [1.165, 1.54) is 10.6 Å². The summed E-state index contributed by atoms with van der Waals surface area (Å²) in [6.07, 6.45) is 2.75. The number of thioether (sulfide) groups is 1. The zero-order valence-electron chi connectivity index (χ0n) is 12.4. The average molecular weight is 318 g/mol. The van der Waals surface area contributed by atoms with Gasteiger partial charge in [0.2, 0.25) is 0 Å². The summed E-state index contributed by atoms with van der Waals surface area (Å²) in [7, 11) is 1.58. The molecule has 0 aliphatic heterocycles. The van der Waals surface area contributed by atoms with E-state index in [-0.39, 0.29) is 17.7 Å². The summed E-state index contributed by atoms with van der Waals surface area (Å²) in [6.45, 7) is 0.0511. The van der Waals surface area contributed by atoms with Crippen LogP contribution in [0.15, 0.2) is 52.3 Å². The van der Waals surface area contributed by atoms with Crippen LogP contribution in [0.3, 0.4) is 0 Å². The molecule has 1 aromatic heterocycles. The lowest BCUT2D eigenvalue weighted by Crippen LogP contribution is -2.34. The Morgan fingerprint density at radius 2 is 2.00 bits per heavy atom. The van der Waals surface area contributed by atoms with Gasteiger partial charge in [-0.15, -0.1) is 11.8 Å². The van der Waals surface area contributed by atoms with Crippen LogP contribution in [0.2, 0.25) is 0 Å². The number of pyridine rings is 1. The third-order valence-corrected chi connectivity index (χ3v) is 4.07. The Labute approximate surface area is 133 Å². The van der Waals surface area contributed by atoms with E-state index < -0.39 is 12.0 Å². The van der Waals surface area contributed by atoms with Crippen LogP contribution in [0.25, 0.3) is 0 Å². The van der Waals surface area contributed by atoms with Gasteiger partial charge in [-0.3, -0.25) is 9.59 Å². The Bertz CT molecular complexity index is 710. The van der Waals surface area contributed by atoms with Crippen LogP contribution >= 0.6 is 11.8 Å². The molecule has 0 aliphatic rings. The molecule has 1 amide bonds. The first-order valence-electron chi connectivity index (χ1n) is 6.79. The van der Waals surface area contributed by atoms with E-state index in [2.05, 4.69) is 5.32 Å². The summed E-state index contributed by atoms with van der Waals surface area (Å²) in [6, 6.07) is 10.6. The van der Waals surface area contributed by atoms with Crippen molar-refractivity contribution in [3.63, 3.8) is 0 Å². The maximum Gasteiger partial charge on any atom is 0.263 e. The molecule has 0 unspecified atom stereocenters. The summed E-state index contributed by atoms with van der Waals surface area (Å²) in [5.74, 6) is -0.485. The van der Waals surface area contributed by atoms with Gasteiger partial charge < -0.3 is 15.0 Å². The Hall–Kier alpha value is -2.05. The molecule has 1 heterocycles. The molecule has 116 valence electrons. The number of rotatable bonds is 5. The Kier molecular flexibility index (Phi) is 5.41. The minimum absolute atomic E-state index is 0.0511. The number of nitrogens with zero attached hydrogens (tertiary/aromatic N) is 1. The lowest BCUT2D eigenvalue weighted by Gasteiger charge is -2.12. The molecule has 2 aromatic rings. The van der Waals surface area contributed by atoms with E-state index in [0.717, 1.165) is 10.5 Å². The van der Waals surface area contributed by atoms with Gasteiger partial charge in [0.1, 0.15) is 5.56 Å². The molecule has 0 aliphatic carbocycles. The molecule has 0 radical (unpaired) electrons. The van der Waals surface area contributed by atoms with Crippen molar-refractivity contribution in [3.8, 4) is 0 Å². The minimum atomic E-state index is -0.813. The van der Waals surface area contributed by atoms with E-state index >= 15 is 0 Å². The number of hydrogen-bond acceptors (Lipinski definition) is 4. The van der Waals surface area contributed by atoms with E-state index in [0.29, 0.717) is 0 Å². The lowest BCUT2D eigenvalue weighted by atomic mass is 10.1. The third-order valence-electron chi connectivity index (χ3n) is 3.32. The van der Waals surface area contributed by atoms with Gasteiger partial charge in [-0.2, -0.15) is 0 Å². The summed E-state index contributed by atoms with van der Waals surface area (Å²) < 4.78 is 1.34. The number of aromatic nitrogens is 1. The first-order chi connectivity index (χ1) is 10.5. The van der Waals surface area contributed by atoms with Crippen molar-refractivity contribution in [3.05, 3.63) is 64.1 Å². The van der Waals surface area contributed by atoms with Crippen LogP contribution in [0.5, 0.6) is 0 Å². The predicted octanol–water partition coefficient (Wildman–Crippen LogP) is 1.57. The number of nitrogens with one attached hydrogen (secondary N) is 1. The molecular formula is C16H18N2O3S. The highest BCUT2D eigenvalue weighted by Crippen LogP contribution is 2.18. The molecule has 0 spiro atoms. The SMILES string of the molecule is CSc1ccc([C@@H](O)CNC(=O)c2cccn(C)c2=O)cc1. The van der Waals surface area contributed by atoms with Gasteiger partial charge in [0.15, 0.2) is 0 Å². The number of aliphatic hydroxyl groups is 1. The highest BCUT2D eigenvalue weighted by atomic mass is 32.2. The highest BCUT2D eigenvalue weighted by molar-refractivity contribution is 7.98.